The van der Waals surface area contributed by atoms with Gasteiger partial charge in [-0.25, -0.2) is 0 Å². The molecule has 1 fully saturated rings. The van der Waals surface area contributed by atoms with Gasteiger partial charge in [0.2, 0.25) is 0 Å². The highest BCUT2D eigenvalue weighted by molar-refractivity contribution is 6.30. The SMILES string of the molecule is NC1(C(=O)O)CC(c2ccc(Cl)cc2)C1. The van der Waals surface area contributed by atoms with Crippen LogP contribution in [0.3, 0.4) is 0 Å². The minimum absolute atomic E-state index is 0.253. The van der Waals surface area contributed by atoms with E-state index in [1.54, 1.807) is 0 Å². The van der Waals surface area contributed by atoms with E-state index in [-0.39, 0.29) is 5.92 Å². The number of hydrogen-bond donors (Lipinski definition) is 2. The van der Waals surface area contributed by atoms with Crippen LogP contribution in [0, 0.1) is 0 Å². The Balaban J connectivity index is 2.06. The smallest absolute Gasteiger partial charge is 0.323 e. The van der Waals surface area contributed by atoms with Gasteiger partial charge in [0.15, 0.2) is 0 Å². The molecule has 0 aliphatic heterocycles. The zero-order valence-corrected chi connectivity index (χ0v) is 8.87. The van der Waals surface area contributed by atoms with E-state index in [0.717, 1.165) is 5.56 Å². The lowest BCUT2D eigenvalue weighted by atomic mass is 9.66. The van der Waals surface area contributed by atoms with Crippen molar-refractivity contribution in [3.05, 3.63) is 34.9 Å². The lowest BCUT2D eigenvalue weighted by Crippen LogP contribution is -2.56. The maximum absolute atomic E-state index is 10.8. The first-order valence-corrected chi connectivity index (χ1v) is 5.17. The fourth-order valence-corrected chi connectivity index (χ4v) is 2.09. The summed E-state index contributed by atoms with van der Waals surface area (Å²) >= 11 is 5.77. The normalized spacial score (nSPS) is 29.6. The number of benzene rings is 1. The predicted molar refractivity (Wildman–Crippen MR) is 58.0 cm³/mol. The summed E-state index contributed by atoms with van der Waals surface area (Å²) < 4.78 is 0. The van der Waals surface area contributed by atoms with Gasteiger partial charge in [0, 0.05) is 5.02 Å². The monoisotopic (exact) mass is 225 g/mol. The van der Waals surface area contributed by atoms with Crippen LogP contribution in [-0.4, -0.2) is 16.6 Å². The van der Waals surface area contributed by atoms with Crippen LogP contribution in [0.5, 0.6) is 0 Å². The van der Waals surface area contributed by atoms with Gasteiger partial charge < -0.3 is 10.8 Å². The van der Waals surface area contributed by atoms with Crippen LogP contribution in [-0.2, 0) is 4.79 Å². The predicted octanol–water partition coefficient (Wildman–Crippen LogP) is 2.00. The van der Waals surface area contributed by atoms with Gasteiger partial charge >= 0.3 is 5.97 Å². The lowest BCUT2D eigenvalue weighted by Gasteiger charge is -2.41. The maximum atomic E-state index is 10.8. The summed E-state index contributed by atoms with van der Waals surface area (Å²) in [7, 11) is 0. The average Bonchev–Trinajstić information content (AvgIpc) is 2.14. The van der Waals surface area contributed by atoms with Crippen molar-refractivity contribution >= 4 is 17.6 Å². The molecule has 4 heteroatoms. The molecule has 0 bridgehead atoms. The molecule has 0 unspecified atom stereocenters. The number of carboxylic acid groups (broad SMARTS) is 1. The Hall–Kier alpha value is -1.06. The van der Waals surface area contributed by atoms with Crippen LogP contribution in [0.1, 0.15) is 24.3 Å². The number of hydrogen-bond acceptors (Lipinski definition) is 2. The van der Waals surface area contributed by atoms with E-state index in [1.807, 2.05) is 24.3 Å². The lowest BCUT2D eigenvalue weighted by molar-refractivity contribution is -0.147. The maximum Gasteiger partial charge on any atom is 0.323 e. The van der Waals surface area contributed by atoms with Gasteiger partial charge in [0.05, 0.1) is 0 Å². The molecular formula is C11H12ClNO2. The minimum atomic E-state index is -1.02. The fourth-order valence-electron chi connectivity index (χ4n) is 1.96. The third-order valence-corrected chi connectivity index (χ3v) is 3.24. The summed E-state index contributed by atoms with van der Waals surface area (Å²) in [6.07, 6.45) is 1.01. The van der Waals surface area contributed by atoms with Crippen LogP contribution in [0.15, 0.2) is 24.3 Å². The first kappa shape index (κ1) is 10.5. The van der Waals surface area contributed by atoms with Crippen molar-refractivity contribution in [3.63, 3.8) is 0 Å². The summed E-state index contributed by atoms with van der Waals surface area (Å²) in [5.41, 5.74) is 5.77. The highest BCUT2D eigenvalue weighted by Gasteiger charge is 2.47. The summed E-state index contributed by atoms with van der Waals surface area (Å²) in [6, 6.07) is 7.48. The van der Waals surface area contributed by atoms with Crippen molar-refractivity contribution < 1.29 is 9.90 Å². The van der Waals surface area contributed by atoms with E-state index < -0.39 is 11.5 Å². The van der Waals surface area contributed by atoms with E-state index in [9.17, 15) is 4.79 Å². The second-order valence-electron chi connectivity index (χ2n) is 4.12. The van der Waals surface area contributed by atoms with Gasteiger partial charge in [-0.05, 0) is 36.5 Å². The second kappa shape index (κ2) is 3.51. The molecule has 3 N–H and O–H groups in total. The third kappa shape index (κ3) is 1.85. The summed E-state index contributed by atoms with van der Waals surface area (Å²) in [5.74, 6) is -0.656. The van der Waals surface area contributed by atoms with Gasteiger partial charge in [-0.1, -0.05) is 23.7 Å². The van der Waals surface area contributed by atoms with Crippen LogP contribution in [0.2, 0.25) is 5.02 Å². The quantitative estimate of drug-likeness (QED) is 0.809. The molecular weight excluding hydrogens is 214 g/mol. The zero-order valence-electron chi connectivity index (χ0n) is 8.11. The fraction of sp³-hybridized carbons (Fsp3) is 0.364. The number of aliphatic carboxylic acids is 1. The van der Waals surface area contributed by atoms with Crippen molar-refractivity contribution in [2.45, 2.75) is 24.3 Å². The van der Waals surface area contributed by atoms with Crippen molar-refractivity contribution in [2.24, 2.45) is 5.73 Å². The van der Waals surface area contributed by atoms with Crippen LogP contribution >= 0.6 is 11.6 Å². The van der Waals surface area contributed by atoms with Crippen LogP contribution in [0.4, 0.5) is 0 Å². The summed E-state index contributed by atoms with van der Waals surface area (Å²) in [5, 5.41) is 9.55. The van der Waals surface area contributed by atoms with Crippen molar-refractivity contribution in [2.75, 3.05) is 0 Å². The van der Waals surface area contributed by atoms with E-state index >= 15 is 0 Å². The molecule has 0 heterocycles. The molecule has 15 heavy (non-hydrogen) atoms. The Labute approximate surface area is 92.8 Å². The van der Waals surface area contributed by atoms with Gasteiger partial charge in [-0.3, -0.25) is 4.79 Å². The number of halogens is 1. The summed E-state index contributed by atoms with van der Waals surface area (Å²) in [4.78, 5) is 10.8. The van der Waals surface area contributed by atoms with E-state index in [1.165, 1.54) is 0 Å². The van der Waals surface area contributed by atoms with Gasteiger partial charge in [0.1, 0.15) is 5.54 Å². The van der Waals surface area contributed by atoms with Gasteiger partial charge in [-0.15, -0.1) is 0 Å². The van der Waals surface area contributed by atoms with E-state index in [2.05, 4.69) is 0 Å². The van der Waals surface area contributed by atoms with E-state index in [4.69, 9.17) is 22.4 Å². The number of rotatable bonds is 2. The molecule has 1 aromatic rings. The molecule has 0 saturated heterocycles. The molecule has 1 aromatic carbocycles. The second-order valence-corrected chi connectivity index (χ2v) is 4.55. The molecule has 0 amide bonds. The molecule has 0 atom stereocenters. The molecule has 2 rings (SSSR count). The van der Waals surface area contributed by atoms with Gasteiger partial charge in [0.25, 0.3) is 0 Å². The zero-order chi connectivity index (χ0) is 11.1. The molecule has 3 nitrogen and oxygen atoms in total. The number of carbonyl (C=O) groups is 1. The molecule has 0 aromatic heterocycles. The van der Waals surface area contributed by atoms with E-state index in [0.29, 0.717) is 17.9 Å². The Morgan fingerprint density at radius 1 is 1.40 bits per heavy atom. The van der Waals surface area contributed by atoms with Gasteiger partial charge in [-0.2, -0.15) is 0 Å². The molecule has 1 saturated carbocycles. The minimum Gasteiger partial charge on any atom is -0.480 e. The molecule has 80 valence electrons. The Kier molecular flexibility index (Phi) is 2.44. The van der Waals surface area contributed by atoms with Crippen molar-refractivity contribution in [1.82, 2.24) is 0 Å². The standard InChI is InChI=1S/C11H12ClNO2/c12-9-3-1-7(2-4-9)8-5-11(13,6-8)10(14)15/h1-4,8H,5-6,13H2,(H,14,15). The molecule has 0 spiro atoms. The highest BCUT2D eigenvalue weighted by atomic mass is 35.5. The third-order valence-electron chi connectivity index (χ3n) is 2.99. The Bertz CT molecular complexity index is 382. The number of carboxylic acids is 1. The first-order valence-electron chi connectivity index (χ1n) is 4.79. The molecule has 1 aliphatic carbocycles. The number of nitrogens with two attached hydrogens (primary N) is 1. The van der Waals surface area contributed by atoms with Crippen molar-refractivity contribution in [3.8, 4) is 0 Å². The summed E-state index contributed by atoms with van der Waals surface area (Å²) in [6.45, 7) is 0. The topological polar surface area (TPSA) is 63.3 Å². The average molecular weight is 226 g/mol. The Morgan fingerprint density at radius 2 is 1.93 bits per heavy atom. The molecule has 0 radical (unpaired) electrons. The van der Waals surface area contributed by atoms with Crippen LogP contribution < -0.4 is 5.73 Å². The molecule has 1 aliphatic rings. The first-order chi connectivity index (χ1) is 7.01. The highest BCUT2D eigenvalue weighted by Crippen LogP contribution is 2.43. The van der Waals surface area contributed by atoms with Crippen LogP contribution in [0.25, 0.3) is 0 Å². The van der Waals surface area contributed by atoms with Crippen molar-refractivity contribution in [1.29, 1.82) is 0 Å². The largest absolute Gasteiger partial charge is 0.480 e. The Morgan fingerprint density at radius 3 is 2.40 bits per heavy atom.